The van der Waals surface area contributed by atoms with Crippen LogP contribution in [0.5, 0.6) is 11.5 Å². The summed E-state index contributed by atoms with van der Waals surface area (Å²) in [6.07, 6.45) is 1.38. The molecule has 0 saturated heterocycles. The third-order valence-electron chi connectivity index (χ3n) is 5.22. The van der Waals surface area contributed by atoms with Gasteiger partial charge in [0, 0.05) is 17.7 Å². The van der Waals surface area contributed by atoms with Crippen LogP contribution in [0.4, 0.5) is 10.1 Å². The van der Waals surface area contributed by atoms with Gasteiger partial charge in [-0.15, -0.1) is 10.2 Å². The quantitative estimate of drug-likeness (QED) is 0.360. The molecule has 0 spiro atoms. The molecule has 1 amide bonds. The number of benzene rings is 2. The highest BCUT2D eigenvalue weighted by atomic mass is 19.1. The molecule has 0 saturated carbocycles. The lowest BCUT2D eigenvalue weighted by molar-refractivity contribution is 0.0751. The molecule has 184 valence electrons. The number of aromatic amines is 1. The summed E-state index contributed by atoms with van der Waals surface area (Å²) in [5.74, 6) is -0.00821. The number of carbonyl (C=O) groups is 1. The number of halogens is 1. The van der Waals surface area contributed by atoms with Gasteiger partial charge in [-0.2, -0.15) is 20.7 Å². The van der Waals surface area contributed by atoms with Gasteiger partial charge in [0.05, 0.1) is 25.1 Å². The molecule has 1 aliphatic heterocycles. The van der Waals surface area contributed by atoms with Gasteiger partial charge in [0.15, 0.2) is 11.5 Å². The highest BCUT2D eigenvalue weighted by molar-refractivity contribution is 6.09. The van der Waals surface area contributed by atoms with E-state index in [1.807, 2.05) is 19.1 Å². The normalized spacial score (nSPS) is 13.6. The van der Waals surface area contributed by atoms with Crippen molar-refractivity contribution in [1.29, 1.82) is 5.26 Å². The Kier molecular flexibility index (Phi) is 7.45. The van der Waals surface area contributed by atoms with Crippen LogP contribution in [0.25, 0.3) is 0 Å². The van der Waals surface area contributed by atoms with Gasteiger partial charge in [0.2, 0.25) is 11.5 Å². The van der Waals surface area contributed by atoms with E-state index in [-0.39, 0.29) is 22.8 Å². The van der Waals surface area contributed by atoms with E-state index in [9.17, 15) is 9.18 Å². The number of nitrogens with zero attached hydrogens (tertiary/aromatic N) is 7. The van der Waals surface area contributed by atoms with E-state index in [1.54, 1.807) is 19.2 Å². The fraction of sp³-hybridized carbons (Fsp3) is 0.261. The first-order valence-corrected chi connectivity index (χ1v) is 11.0. The summed E-state index contributed by atoms with van der Waals surface area (Å²) < 4.78 is 25.7. The van der Waals surface area contributed by atoms with Crippen LogP contribution < -0.4 is 14.9 Å². The largest absolute Gasteiger partial charge is 0.493 e. The van der Waals surface area contributed by atoms with Crippen LogP contribution in [-0.2, 0) is 0 Å². The van der Waals surface area contributed by atoms with Gasteiger partial charge >= 0.3 is 0 Å². The van der Waals surface area contributed by atoms with Crippen LogP contribution in [0.3, 0.4) is 0 Å². The number of tetrazole rings is 1. The molecule has 2 N–H and O–H groups in total. The lowest BCUT2D eigenvalue weighted by atomic mass is 10.0. The molecule has 4 rings (SSSR count). The van der Waals surface area contributed by atoms with Crippen LogP contribution in [0, 0.1) is 17.1 Å². The van der Waals surface area contributed by atoms with E-state index in [1.165, 1.54) is 17.1 Å². The van der Waals surface area contributed by atoms with Crippen molar-refractivity contribution in [3.8, 4) is 17.6 Å². The fourth-order valence-corrected chi connectivity index (χ4v) is 3.51. The molecule has 0 unspecified atom stereocenters. The zero-order valence-corrected chi connectivity index (χ0v) is 19.5. The summed E-state index contributed by atoms with van der Waals surface area (Å²) in [7, 11) is 1.57. The minimum Gasteiger partial charge on any atom is -0.493 e. The second-order valence-corrected chi connectivity index (χ2v) is 7.49. The van der Waals surface area contributed by atoms with Gasteiger partial charge in [-0.3, -0.25) is 10.2 Å². The molecule has 36 heavy (non-hydrogen) atoms. The molecular formula is C23H22FN9O3. The minimum atomic E-state index is -0.729. The molecule has 3 aromatic rings. The summed E-state index contributed by atoms with van der Waals surface area (Å²) >= 11 is 0. The van der Waals surface area contributed by atoms with Crippen LogP contribution >= 0.6 is 0 Å². The summed E-state index contributed by atoms with van der Waals surface area (Å²) in [4.78, 5) is 13.1. The number of nitrogens with one attached hydrogen (secondary N) is 2. The van der Waals surface area contributed by atoms with Gasteiger partial charge in [-0.05, 0) is 61.4 Å². The number of H-pyrrole nitrogens is 1. The first-order chi connectivity index (χ1) is 17.5. The topological polar surface area (TPSA) is 154 Å². The van der Waals surface area contributed by atoms with Crippen LogP contribution in [0.15, 0.2) is 46.6 Å². The Hall–Kier alpha value is -4.86. The SMILES string of the molecule is CCOc1cc(C2=NN(C(=O)c3ccc(N/N=C(\C#N)c4nn[nH]n4)c(F)c3)CCC2)ccc1OC. The molecule has 13 heteroatoms. The molecule has 0 bridgehead atoms. The number of nitriles is 1. The van der Waals surface area contributed by atoms with Crippen LogP contribution in [-0.4, -0.2) is 63.2 Å². The predicted octanol–water partition coefficient (Wildman–Crippen LogP) is 2.73. The number of rotatable bonds is 8. The number of hydrogen-bond acceptors (Lipinski definition) is 10. The van der Waals surface area contributed by atoms with E-state index < -0.39 is 11.7 Å². The highest BCUT2D eigenvalue weighted by Crippen LogP contribution is 2.30. The van der Waals surface area contributed by atoms with Crippen molar-refractivity contribution in [3.05, 3.63) is 59.2 Å². The molecule has 0 radical (unpaired) electrons. The van der Waals surface area contributed by atoms with Gasteiger partial charge < -0.3 is 9.47 Å². The second kappa shape index (κ2) is 11.0. The molecule has 12 nitrogen and oxygen atoms in total. The standard InChI is InChI=1S/C23H22FN9O3/c1-3-36-21-12-14(7-9-20(21)35-2)17-5-4-10-33(30-17)23(34)15-6-8-18(16(24)11-15)26-27-19(13-25)22-28-31-32-29-22/h6-9,11-12,26H,3-5,10H2,1-2H3,(H,28,29,31,32)/b27-19+. The van der Waals surface area contributed by atoms with E-state index in [0.29, 0.717) is 37.5 Å². The molecule has 2 aromatic carbocycles. The Bertz CT molecular complexity index is 1350. The second-order valence-electron chi connectivity index (χ2n) is 7.49. The average Bonchev–Trinajstić information content (AvgIpc) is 3.44. The summed E-state index contributed by atoms with van der Waals surface area (Å²) in [6.45, 7) is 2.76. The number of anilines is 1. The van der Waals surface area contributed by atoms with Crippen molar-refractivity contribution in [3.63, 3.8) is 0 Å². The van der Waals surface area contributed by atoms with Crippen LogP contribution in [0.1, 0.15) is 41.5 Å². The Balaban J connectivity index is 1.52. The number of hydrogen-bond donors (Lipinski definition) is 2. The van der Waals surface area contributed by atoms with E-state index in [2.05, 4.69) is 36.3 Å². The Morgan fingerprint density at radius 3 is 2.86 bits per heavy atom. The number of ether oxygens (including phenoxy) is 2. The molecular weight excluding hydrogens is 469 g/mol. The van der Waals surface area contributed by atoms with E-state index in [4.69, 9.17) is 14.7 Å². The summed E-state index contributed by atoms with van der Waals surface area (Å²) in [5, 5.41) is 31.7. The minimum absolute atomic E-state index is 0.0349. The average molecular weight is 491 g/mol. The van der Waals surface area contributed by atoms with Crippen molar-refractivity contribution in [2.45, 2.75) is 19.8 Å². The van der Waals surface area contributed by atoms with Gasteiger partial charge in [-0.1, -0.05) is 0 Å². The molecule has 2 heterocycles. The molecule has 0 fully saturated rings. The maximum absolute atomic E-state index is 14.7. The first kappa shape index (κ1) is 24.3. The van der Waals surface area contributed by atoms with Gasteiger partial charge in [0.25, 0.3) is 5.91 Å². The Morgan fingerprint density at radius 1 is 1.31 bits per heavy atom. The highest BCUT2D eigenvalue weighted by Gasteiger charge is 2.22. The number of amides is 1. The lowest BCUT2D eigenvalue weighted by Crippen LogP contribution is -2.32. The molecule has 1 aromatic heterocycles. The maximum atomic E-state index is 14.7. The zero-order chi connectivity index (χ0) is 25.5. The summed E-state index contributed by atoms with van der Waals surface area (Å²) in [6, 6.07) is 11.2. The third kappa shape index (κ3) is 5.27. The molecule has 0 atom stereocenters. The Labute approximate surface area is 205 Å². The zero-order valence-electron chi connectivity index (χ0n) is 19.5. The maximum Gasteiger partial charge on any atom is 0.274 e. The number of hydrazone groups is 2. The fourth-order valence-electron chi connectivity index (χ4n) is 3.51. The number of aromatic nitrogens is 4. The van der Waals surface area contributed by atoms with Gasteiger partial charge in [0.1, 0.15) is 11.9 Å². The monoisotopic (exact) mass is 491 g/mol. The van der Waals surface area contributed by atoms with Crippen LogP contribution in [0.2, 0.25) is 0 Å². The van der Waals surface area contributed by atoms with E-state index in [0.717, 1.165) is 17.3 Å². The summed E-state index contributed by atoms with van der Waals surface area (Å²) in [5.41, 5.74) is 3.88. The lowest BCUT2D eigenvalue weighted by Gasteiger charge is -2.24. The van der Waals surface area contributed by atoms with Crippen molar-refractivity contribution < 1.29 is 18.7 Å². The van der Waals surface area contributed by atoms with Crippen molar-refractivity contribution in [2.24, 2.45) is 10.2 Å². The molecule has 1 aliphatic rings. The number of methoxy groups -OCH3 is 1. The van der Waals surface area contributed by atoms with Gasteiger partial charge in [-0.25, -0.2) is 9.40 Å². The van der Waals surface area contributed by atoms with Crippen molar-refractivity contribution in [1.82, 2.24) is 25.6 Å². The third-order valence-corrected chi connectivity index (χ3v) is 5.22. The number of carbonyl (C=O) groups excluding carboxylic acids is 1. The van der Waals surface area contributed by atoms with Crippen molar-refractivity contribution >= 4 is 23.0 Å². The first-order valence-electron chi connectivity index (χ1n) is 11.0. The predicted molar refractivity (Wildman–Crippen MR) is 127 cm³/mol. The van der Waals surface area contributed by atoms with E-state index >= 15 is 0 Å². The molecule has 0 aliphatic carbocycles. The smallest absolute Gasteiger partial charge is 0.274 e. The Morgan fingerprint density at radius 2 is 2.17 bits per heavy atom. The van der Waals surface area contributed by atoms with Crippen molar-refractivity contribution in [2.75, 3.05) is 25.7 Å².